The maximum atomic E-state index is 5.95. The Morgan fingerprint density at radius 2 is 1.94 bits per heavy atom. The van der Waals surface area contributed by atoms with Crippen molar-refractivity contribution < 1.29 is 4.74 Å². The van der Waals surface area contributed by atoms with Crippen molar-refractivity contribution in [2.24, 2.45) is 5.73 Å². The van der Waals surface area contributed by atoms with E-state index < -0.39 is 0 Å². The van der Waals surface area contributed by atoms with Crippen molar-refractivity contribution >= 4 is 15.9 Å². The normalized spacial score (nSPS) is 12.4. The first kappa shape index (κ1) is 15.5. The molecule has 0 radical (unpaired) electrons. The third-order valence-electron chi connectivity index (χ3n) is 2.97. The third kappa shape index (κ3) is 5.40. The molecule has 0 aromatic heterocycles. The van der Waals surface area contributed by atoms with Crippen LogP contribution in [0.5, 0.6) is 5.75 Å². The summed E-state index contributed by atoms with van der Waals surface area (Å²) in [5.74, 6) is 0.920. The zero-order valence-electron chi connectivity index (χ0n) is 11.4. The van der Waals surface area contributed by atoms with Crippen molar-refractivity contribution in [3.8, 4) is 5.75 Å². The quantitative estimate of drug-likeness (QED) is 0.698. The molecule has 1 aromatic carbocycles. The first-order valence-electron chi connectivity index (χ1n) is 6.83. The molecule has 0 bridgehead atoms. The molecule has 2 nitrogen and oxygen atoms in total. The molecule has 0 spiro atoms. The van der Waals surface area contributed by atoms with Gasteiger partial charge in [0.05, 0.1) is 6.61 Å². The predicted octanol–water partition coefficient (Wildman–Crippen LogP) is 4.82. The number of rotatable bonds is 8. The molecule has 1 unspecified atom stereocenters. The minimum absolute atomic E-state index is 0.00223. The standard InChI is InChI=1S/C15H24BrNO/c1-3-4-5-6-7-10-18-15-9-8-13(16)11-14(15)12(2)17/h8-9,11-12H,3-7,10,17H2,1-2H3. The summed E-state index contributed by atoms with van der Waals surface area (Å²) >= 11 is 3.46. The van der Waals surface area contributed by atoms with Crippen molar-refractivity contribution in [2.75, 3.05) is 6.61 Å². The number of halogens is 1. The molecular formula is C15H24BrNO. The average molecular weight is 314 g/mol. The summed E-state index contributed by atoms with van der Waals surface area (Å²) in [4.78, 5) is 0. The maximum Gasteiger partial charge on any atom is 0.124 e. The summed E-state index contributed by atoms with van der Waals surface area (Å²) in [7, 11) is 0. The Bertz CT molecular complexity index is 352. The molecule has 0 aliphatic rings. The van der Waals surface area contributed by atoms with E-state index in [1.54, 1.807) is 0 Å². The zero-order chi connectivity index (χ0) is 13.4. The van der Waals surface area contributed by atoms with E-state index in [1.165, 1.54) is 25.7 Å². The van der Waals surface area contributed by atoms with Crippen LogP contribution in [0, 0.1) is 0 Å². The molecule has 2 N–H and O–H groups in total. The van der Waals surface area contributed by atoms with Gasteiger partial charge < -0.3 is 10.5 Å². The maximum absolute atomic E-state index is 5.95. The van der Waals surface area contributed by atoms with Gasteiger partial charge in [0.2, 0.25) is 0 Å². The molecule has 1 rings (SSSR count). The lowest BCUT2D eigenvalue weighted by molar-refractivity contribution is 0.300. The monoisotopic (exact) mass is 313 g/mol. The number of ether oxygens (including phenoxy) is 1. The fourth-order valence-electron chi connectivity index (χ4n) is 1.89. The van der Waals surface area contributed by atoms with Crippen LogP contribution < -0.4 is 10.5 Å². The average Bonchev–Trinajstić information content (AvgIpc) is 2.35. The van der Waals surface area contributed by atoms with Crippen molar-refractivity contribution in [3.63, 3.8) is 0 Å². The highest BCUT2D eigenvalue weighted by Gasteiger charge is 2.08. The van der Waals surface area contributed by atoms with Crippen LogP contribution in [0.15, 0.2) is 22.7 Å². The summed E-state index contributed by atoms with van der Waals surface area (Å²) < 4.78 is 6.88. The highest BCUT2D eigenvalue weighted by molar-refractivity contribution is 9.10. The van der Waals surface area contributed by atoms with Crippen LogP contribution in [0.2, 0.25) is 0 Å². The van der Waals surface area contributed by atoms with E-state index in [2.05, 4.69) is 22.9 Å². The molecule has 1 atom stereocenters. The van der Waals surface area contributed by atoms with Crippen LogP contribution in [0.1, 0.15) is 57.6 Å². The molecular weight excluding hydrogens is 290 g/mol. The van der Waals surface area contributed by atoms with Gasteiger partial charge in [0, 0.05) is 16.1 Å². The molecule has 0 amide bonds. The highest BCUT2D eigenvalue weighted by Crippen LogP contribution is 2.27. The Balaban J connectivity index is 2.42. The molecule has 18 heavy (non-hydrogen) atoms. The van der Waals surface area contributed by atoms with E-state index in [-0.39, 0.29) is 6.04 Å². The molecule has 102 valence electrons. The Morgan fingerprint density at radius 1 is 1.22 bits per heavy atom. The third-order valence-corrected chi connectivity index (χ3v) is 3.46. The summed E-state index contributed by atoms with van der Waals surface area (Å²) in [6, 6.07) is 6.03. The topological polar surface area (TPSA) is 35.2 Å². The van der Waals surface area contributed by atoms with Crippen LogP contribution in [0.25, 0.3) is 0 Å². The molecule has 0 saturated heterocycles. The highest BCUT2D eigenvalue weighted by atomic mass is 79.9. The second-order valence-electron chi connectivity index (χ2n) is 4.73. The predicted molar refractivity (Wildman–Crippen MR) is 81.0 cm³/mol. The Morgan fingerprint density at radius 3 is 2.61 bits per heavy atom. The fourth-order valence-corrected chi connectivity index (χ4v) is 2.27. The second-order valence-corrected chi connectivity index (χ2v) is 5.65. The molecule has 0 fully saturated rings. The van der Waals surface area contributed by atoms with Gasteiger partial charge in [-0.3, -0.25) is 0 Å². The van der Waals surface area contributed by atoms with Crippen molar-refractivity contribution in [1.82, 2.24) is 0 Å². The van der Waals surface area contributed by atoms with E-state index in [9.17, 15) is 0 Å². The van der Waals surface area contributed by atoms with Gasteiger partial charge in [-0.1, -0.05) is 48.5 Å². The minimum Gasteiger partial charge on any atom is -0.493 e. The lowest BCUT2D eigenvalue weighted by Gasteiger charge is -2.14. The summed E-state index contributed by atoms with van der Waals surface area (Å²) in [5, 5.41) is 0. The largest absolute Gasteiger partial charge is 0.493 e. The van der Waals surface area contributed by atoms with Gasteiger partial charge in [-0.25, -0.2) is 0 Å². The first-order valence-corrected chi connectivity index (χ1v) is 7.62. The van der Waals surface area contributed by atoms with E-state index in [0.717, 1.165) is 28.8 Å². The van der Waals surface area contributed by atoms with Crippen LogP contribution in [-0.2, 0) is 0 Å². The molecule has 3 heteroatoms. The summed E-state index contributed by atoms with van der Waals surface area (Å²) in [6.45, 7) is 4.99. The Hall–Kier alpha value is -0.540. The van der Waals surface area contributed by atoms with Crippen LogP contribution in [0.4, 0.5) is 0 Å². The van der Waals surface area contributed by atoms with Gasteiger partial charge >= 0.3 is 0 Å². The van der Waals surface area contributed by atoms with Gasteiger partial charge in [0.25, 0.3) is 0 Å². The van der Waals surface area contributed by atoms with Gasteiger partial charge in [0.15, 0.2) is 0 Å². The lowest BCUT2D eigenvalue weighted by Crippen LogP contribution is -2.08. The van der Waals surface area contributed by atoms with Gasteiger partial charge in [-0.15, -0.1) is 0 Å². The lowest BCUT2D eigenvalue weighted by atomic mass is 10.1. The van der Waals surface area contributed by atoms with Crippen molar-refractivity contribution in [2.45, 2.75) is 52.0 Å². The van der Waals surface area contributed by atoms with Crippen molar-refractivity contribution in [3.05, 3.63) is 28.2 Å². The number of hydrogen-bond donors (Lipinski definition) is 1. The van der Waals surface area contributed by atoms with Crippen LogP contribution in [0.3, 0.4) is 0 Å². The van der Waals surface area contributed by atoms with Crippen LogP contribution in [-0.4, -0.2) is 6.61 Å². The first-order chi connectivity index (χ1) is 8.65. The SMILES string of the molecule is CCCCCCCOc1ccc(Br)cc1C(C)N. The van der Waals surface area contributed by atoms with Gasteiger partial charge in [-0.05, 0) is 31.5 Å². The van der Waals surface area contributed by atoms with Crippen molar-refractivity contribution in [1.29, 1.82) is 0 Å². The molecule has 1 aromatic rings. The van der Waals surface area contributed by atoms with Gasteiger partial charge in [0.1, 0.15) is 5.75 Å². The molecule has 0 heterocycles. The number of unbranched alkanes of at least 4 members (excludes halogenated alkanes) is 4. The number of benzene rings is 1. The molecule has 0 saturated carbocycles. The fraction of sp³-hybridized carbons (Fsp3) is 0.600. The zero-order valence-corrected chi connectivity index (χ0v) is 13.0. The van der Waals surface area contributed by atoms with Gasteiger partial charge in [-0.2, -0.15) is 0 Å². The van der Waals surface area contributed by atoms with E-state index in [4.69, 9.17) is 10.5 Å². The molecule has 0 aliphatic carbocycles. The van der Waals surface area contributed by atoms with E-state index in [0.29, 0.717) is 0 Å². The number of nitrogens with two attached hydrogens (primary N) is 1. The second kappa shape index (κ2) is 8.54. The van der Waals surface area contributed by atoms with Crippen LogP contribution >= 0.6 is 15.9 Å². The van der Waals surface area contributed by atoms with E-state index >= 15 is 0 Å². The molecule has 0 aliphatic heterocycles. The Kier molecular flexibility index (Phi) is 7.36. The Labute approximate surface area is 119 Å². The summed E-state index contributed by atoms with van der Waals surface area (Å²) in [6.07, 6.45) is 6.28. The smallest absolute Gasteiger partial charge is 0.124 e. The van der Waals surface area contributed by atoms with E-state index in [1.807, 2.05) is 25.1 Å². The minimum atomic E-state index is -0.00223. The summed E-state index contributed by atoms with van der Waals surface area (Å²) in [5.41, 5.74) is 7.02. The number of hydrogen-bond acceptors (Lipinski definition) is 2.